The van der Waals surface area contributed by atoms with E-state index in [0.29, 0.717) is 0 Å². The molecule has 0 saturated heterocycles. The van der Waals surface area contributed by atoms with Gasteiger partial charge in [0.1, 0.15) is 6.17 Å². The van der Waals surface area contributed by atoms with Gasteiger partial charge in [-0.15, -0.1) is 11.3 Å². The van der Waals surface area contributed by atoms with E-state index in [1.54, 1.807) is 0 Å². The smallest absolute Gasteiger partial charge is 0.104 e. The second-order valence-electron chi connectivity index (χ2n) is 13.5. The minimum absolute atomic E-state index is 0.0175. The monoisotopic (exact) mass is 672 g/mol. The molecule has 1 aliphatic heterocycles. The number of nitrogens with one attached hydrogen (secondary N) is 2. The molecule has 1 atom stereocenters. The van der Waals surface area contributed by atoms with Crippen molar-refractivity contribution in [2.45, 2.75) is 12.7 Å². The van der Waals surface area contributed by atoms with E-state index in [2.05, 4.69) is 184 Å². The zero-order chi connectivity index (χ0) is 33.5. The molecule has 0 aliphatic carbocycles. The molecular formula is C46H32N4S. The van der Waals surface area contributed by atoms with E-state index in [1.807, 2.05) is 11.3 Å². The standard InChI is InChI=1S/C46H32N4S/c1-2-12-32(13-3-1)49-40-19-8-5-16-35(40)38-26-29(22-24-41(38)49)30-21-23-36-34-15-4-7-18-39(34)50(42(36)27-30)33-14-10-11-31(25-33)46-47-28-44-45(48-46)37-17-6-9-20-43(37)51-44/h1-27,46-48H,28H2. The minimum Gasteiger partial charge on any atom is -0.365 e. The molecule has 3 aromatic heterocycles. The number of aromatic nitrogens is 2. The summed E-state index contributed by atoms with van der Waals surface area (Å²) in [5.74, 6) is 0. The Morgan fingerprint density at radius 1 is 0.471 bits per heavy atom. The second-order valence-corrected chi connectivity index (χ2v) is 14.6. The van der Waals surface area contributed by atoms with E-state index < -0.39 is 0 Å². The molecule has 0 bridgehead atoms. The Balaban J connectivity index is 1.05. The first kappa shape index (κ1) is 28.7. The van der Waals surface area contributed by atoms with Crippen LogP contribution in [0.15, 0.2) is 164 Å². The fourth-order valence-corrected chi connectivity index (χ4v) is 9.37. The van der Waals surface area contributed by atoms with Crippen LogP contribution in [0.4, 0.5) is 5.69 Å². The fraction of sp³-hybridized carbons (Fsp3) is 0.0435. The van der Waals surface area contributed by atoms with Crippen molar-refractivity contribution < 1.29 is 0 Å². The van der Waals surface area contributed by atoms with Gasteiger partial charge in [0.15, 0.2) is 0 Å². The van der Waals surface area contributed by atoms with Gasteiger partial charge in [0, 0.05) is 54.4 Å². The highest BCUT2D eigenvalue weighted by molar-refractivity contribution is 7.19. The largest absolute Gasteiger partial charge is 0.365 e. The minimum atomic E-state index is 0.0175. The first-order chi connectivity index (χ1) is 25.3. The molecule has 51 heavy (non-hydrogen) atoms. The highest BCUT2D eigenvalue weighted by atomic mass is 32.1. The van der Waals surface area contributed by atoms with Gasteiger partial charge < -0.3 is 14.5 Å². The maximum absolute atomic E-state index is 3.84. The van der Waals surface area contributed by atoms with Gasteiger partial charge in [-0.25, -0.2) is 0 Å². The molecule has 0 amide bonds. The van der Waals surface area contributed by atoms with Gasteiger partial charge in [-0.2, -0.15) is 0 Å². The number of fused-ring (bicyclic) bond motifs is 9. The summed E-state index contributed by atoms with van der Waals surface area (Å²) in [4.78, 5) is 1.36. The molecule has 0 spiro atoms. The topological polar surface area (TPSA) is 33.9 Å². The van der Waals surface area contributed by atoms with E-state index in [1.165, 1.54) is 86.6 Å². The average molecular weight is 673 g/mol. The van der Waals surface area contributed by atoms with Gasteiger partial charge in [0.25, 0.3) is 0 Å². The second kappa shape index (κ2) is 11.2. The number of thiophene rings is 1. The van der Waals surface area contributed by atoms with Crippen LogP contribution in [-0.4, -0.2) is 9.13 Å². The number of benzene rings is 7. The maximum atomic E-state index is 3.84. The van der Waals surface area contributed by atoms with E-state index in [0.717, 1.165) is 12.2 Å². The predicted molar refractivity (Wildman–Crippen MR) is 216 cm³/mol. The van der Waals surface area contributed by atoms with Crippen LogP contribution < -0.4 is 10.6 Å². The first-order valence-electron chi connectivity index (χ1n) is 17.5. The van der Waals surface area contributed by atoms with Crippen LogP contribution in [0.5, 0.6) is 0 Å². The molecular weight excluding hydrogens is 641 g/mol. The van der Waals surface area contributed by atoms with Gasteiger partial charge in [0.05, 0.1) is 27.8 Å². The molecule has 4 nitrogen and oxygen atoms in total. The molecule has 11 rings (SSSR count). The summed E-state index contributed by atoms with van der Waals surface area (Å²) in [5, 5.41) is 13.9. The lowest BCUT2D eigenvalue weighted by atomic mass is 10.0. The van der Waals surface area contributed by atoms with E-state index in [4.69, 9.17) is 0 Å². The van der Waals surface area contributed by atoms with E-state index in [9.17, 15) is 0 Å². The molecule has 0 radical (unpaired) electrons. The molecule has 4 heterocycles. The number of hydrogen-bond acceptors (Lipinski definition) is 3. The predicted octanol–water partition coefficient (Wildman–Crippen LogP) is 12.0. The highest BCUT2D eigenvalue weighted by Gasteiger charge is 2.23. The molecule has 0 fully saturated rings. The lowest BCUT2D eigenvalue weighted by molar-refractivity contribution is 0.573. The third kappa shape index (κ3) is 4.42. The van der Waals surface area contributed by atoms with Crippen molar-refractivity contribution in [1.29, 1.82) is 0 Å². The van der Waals surface area contributed by atoms with Gasteiger partial charge in [-0.3, -0.25) is 5.32 Å². The Labute approximate surface area is 298 Å². The Bertz CT molecular complexity index is 2970. The number of hydrogen-bond donors (Lipinski definition) is 2. The molecule has 7 aromatic carbocycles. The molecule has 2 N–H and O–H groups in total. The van der Waals surface area contributed by atoms with Crippen LogP contribution in [0.25, 0.3) is 76.2 Å². The highest BCUT2D eigenvalue weighted by Crippen LogP contribution is 2.41. The summed E-state index contributed by atoms with van der Waals surface area (Å²) in [6.45, 7) is 0.851. The van der Waals surface area contributed by atoms with Crippen molar-refractivity contribution in [3.63, 3.8) is 0 Å². The van der Waals surface area contributed by atoms with Crippen LogP contribution >= 0.6 is 11.3 Å². The van der Waals surface area contributed by atoms with Crippen LogP contribution in [-0.2, 0) is 6.54 Å². The summed E-state index contributed by atoms with van der Waals surface area (Å²) in [6, 6.07) is 59.8. The van der Waals surface area contributed by atoms with Crippen molar-refractivity contribution in [3.8, 4) is 22.5 Å². The van der Waals surface area contributed by atoms with Gasteiger partial charge in [-0.1, -0.05) is 103 Å². The number of anilines is 1. The lowest BCUT2D eigenvalue weighted by Gasteiger charge is -2.27. The molecule has 242 valence electrons. The Kier molecular flexibility index (Phi) is 6.29. The quantitative estimate of drug-likeness (QED) is 0.195. The SMILES string of the molecule is c1ccc(-n2c3ccccc3c3cc(-c4ccc5c6ccccc6n(-c6cccc(C7NCc8sc9ccccc9c8N7)c6)c5c4)ccc32)cc1. The van der Waals surface area contributed by atoms with Crippen molar-refractivity contribution in [2.24, 2.45) is 0 Å². The maximum Gasteiger partial charge on any atom is 0.104 e. The van der Waals surface area contributed by atoms with Crippen LogP contribution in [0.2, 0.25) is 0 Å². The summed E-state index contributed by atoms with van der Waals surface area (Å²) < 4.78 is 6.14. The van der Waals surface area contributed by atoms with Crippen molar-refractivity contribution in [2.75, 3.05) is 5.32 Å². The van der Waals surface area contributed by atoms with Gasteiger partial charge >= 0.3 is 0 Å². The van der Waals surface area contributed by atoms with Crippen LogP contribution in [0.3, 0.4) is 0 Å². The Morgan fingerprint density at radius 3 is 1.94 bits per heavy atom. The van der Waals surface area contributed by atoms with Crippen LogP contribution in [0.1, 0.15) is 16.6 Å². The molecule has 0 saturated carbocycles. The number of para-hydroxylation sites is 3. The van der Waals surface area contributed by atoms with Crippen molar-refractivity contribution >= 4 is 70.7 Å². The number of nitrogens with zero attached hydrogens (tertiary/aromatic N) is 2. The fourth-order valence-electron chi connectivity index (χ4n) is 8.25. The lowest BCUT2D eigenvalue weighted by Crippen LogP contribution is -2.31. The van der Waals surface area contributed by atoms with Crippen LogP contribution in [0, 0.1) is 0 Å². The normalized spacial score (nSPS) is 14.5. The van der Waals surface area contributed by atoms with E-state index >= 15 is 0 Å². The third-order valence-electron chi connectivity index (χ3n) is 10.6. The zero-order valence-corrected chi connectivity index (χ0v) is 28.5. The zero-order valence-electron chi connectivity index (χ0n) is 27.7. The molecule has 1 unspecified atom stereocenters. The molecule has 5 heteroatoms. The summed E-state index contributed by atoms with van der Waals surface area (Å²) >= 11 is 1.87. The average Bonchev–Trinajstić information content (AvgIpc) is 3.85. The summed E-state index contributed by atoms with van der Waals surface area (Å²) in [7, 11) is 0. The summed E-state index contributed by atoms with van der Waals surface area (Å²) in [6.07, 6.45) is 0.0175. The first-order valence-corrected chi connectivity index (χ1v) is 18.3. The number of rotatable bonds is 4. The van der Waals surface area contributed by atoms with Gasteiger partial charge in [0.2, 0.25) is 0 Å². The molecule has 1 aliphatic rings. The Hall–Kier alpha value is -6.14. The van der Waals surface area contributed by atoms with Crippen molar-refractivity contribution in [3.05, 3.63) is 174 Å². The Morgan fingerprint density at radius 2 is 1.10 bits per heavy atom. The van der Waals surface area contributed by atoms with Gasteiger partial charge in [-0.05, 0) is 77.4 Å². The molecule has 10 aromatic rings. The van der Waals surface area contributed by atoms with E-state index in [-0.39, 0.29) is 6.17 Å². The summed E-state index contributed by atoms with van der Waals surface area (Å²) in [5.41, 5.74) is 12.1. The van der Waals surface area contributed by atoms with Crippen molar-refractivity contribution in [1.82, 2.24) is 14.5 Å². The third-order valence-corrected chi connectivity index (χ3v) is 11.8.